The second kappa shape index (κ2) is 6.30. The van der Waals surface area contributed by atoms with Gasteiger partial charge in [-0.05, 0) is 56.6 Å². The Balaban J connectivity index is 1.87. The maximum Gasteiger partial charge on any atom is 0.123 e. The van der Waals surface area contributed by atoms with Gasteiger partial charge in [0, 0.05) is 12.6 Å². The number of benzene rings is 1. The van der Waals surface area contributed by atoms with Crippen LogP contribution in [0.2, 0.25) is 0 Å². The second-order valence-electron chi connectivity index (χ2n) is 5.34. The fourth-order valence-electron chi connectivity index (χ4n) is 2.69. The second-order valence-corrected chi connectivity index (χ2v) is 5.34. The summed E-state index contributed by atoms with van der Waals surface area (Å²) in [4.78, 5) is 2.38. The Morgan fingerprint density at radius 3 is 2.67 bits per heavy atom. The van der Waals surface area contributed by atoms with Crippen molar-refractivity contribution in [1.29, 1.82) is 0 Å². The SMILES string of the molecule is CCC(NCC1CCN(C)C1)c1ccc(F)cc1. The number of rotatable bonds is 5. The number of likely N-dealkylation sites (tertiary alicyclic amines) is 1. The number of halogens is 1. The van der Waals surface area contributed by atoms with Crippen molar-refractivity contribution in [3.8, 4) is 0 Å². The van der Waals surface area contributed by atoms with Gasteiger partial charge in [0.25, 0.3) is 0 Å². The van der Waals surface area contributed by atoms with E-state index in [1.165, 1.54) is 25.1 Å². The maximum atomic E-state index is 12.9. The molecule has 1 fully saturated rings. The molecular formula is C15H23FN2. The molecule has 0 aromatic heterocycles. The first kappa shape index (κ1) is 13.5. The molecule has 2 rings (SSSR count). The molecule has 1 heterocycles. The molecule has 3 heteroatoms. The van der Waals surface area contributed by atoms with E-state index in [0.29, 0.717) is 6.04 Å². The lowest BCUT2D eigenvalue weighted by Crippen LogP contribution is -2.28. The zero-order chi connectivity index (χ0) is 13.0. The number of hydrogen-bond acceptors (Lipinski definition) is 2. The Hall–Kier alpha value is -0.930. The molecule has 0 saturated carbocycles. The number of hydrogen-bond donors (Lipinski definition) is 1. The first-order valence-corrected chi connectivity index (χ1v) is 6.86. The van der Waals surface area contributed by atoms with Gasteiger partial charge < -0.3 is 10.2 Å². The van der Waals surface area contributed by atoms with E-state index in [1.54, 1.807) is 12.1 Å². The third-order valence-electron chi connectivity index (χ3n) is 3.82. The lowest BCUT2D eigenvalue weighted by Gasteiger charge is -2.20. The standard InChI is InChI=1S/C15H23FN2/c1-3-15(13-4-6-14(16)7-5-13)17-10-12-8-9-18(2)11-12/h4-7,12,15,17H,3,8-11H2,1-2H3. The van der Waals surface area contributed by atoms with Gasteiger partial charge in [-0.3, -0.25) is 0 Å². The Morgan fingerprint density at radius 2 is 2.11 bits per heavy atom. The Kier molecular flexibility index (Phi) is 4.72. The fourth-order valence-corrected chi connectivity index (χ4v) is 2.69. The fraction of sp³-hybridized carbons (Fsp3) is 0.600. The molecule has 1 aliphatic rings. The molecule has 1 aromatic rings. The highest BCUT2D eigenvalue weighted by molar-refractivity contribution is 5.19. The molecule has 1 aliphatic heterocycles. The van der Waals surface area contributed by atoms with E-state index < -0.39 is 0 Å². The summed E-state index contributed by atoms with van der Waals surface area (Å²) < 4.78 is 12.9. The summed E-state index contributed by atoms with van der Waals surface area (Å²) in [6.07, 6.45) is 2.32. The van der Waals surface area contributed by atoms with Crippen LogP contribution >= 0.6 is 0 Å². The minimum atomic E-state index is -0.161. The van der Waals surface area contributed by atoms with Crippen molar-refractivity contribution in [3.05, 3.63) is 35.6 Å². The average molecular weight is 250 g/mol. The Labute approximate surface area is 109 Å². The highest BCUT2D eigenvalue weighted by atomic mass is 19.1. The molecule has 1 saturated heterocycles. The maximum absolute atomic E-state index is 12.9. The smallest absolute Gasteiger partial charge is 0.123 e. The van der Waals surface area contributed by atoms with Crippen LogP contribution in [0.1, 0.15) is 31.4 Å². The minimum absolute atomic E-state index is 0.161. The lowest BCUT2D eigenvalue weighted by molar-refractivity contribution is 0.377. The van der Waals surface area contributed by atoms with Gasteiger partial charge >= 0.3 is 0 Å². The molecule has 0 radical (unpaired) electrons. The van der Waals surface area contributed by atoms with E-state index >= 15 is 0 Å². The quantitative estimate of drug-likeness (QED) is 0.864. The van der Waals surface area contributed by atoms with Crippen LogP contribution in [0, 0.1) is 11.7 Å². The first-order valence-electron chi connectivity index (χ1n) is 6.86. The summed E-state index contributed by atoms with van der Waals surface area (Å²) in [5.74, 6) is 0.593. The summed E-state index contributed by atoms with van der Waals surface area (Å²) in [5.41, 5.74) is 1.19. The molecule has 0 aliphatic carbocycles. The predicted molar refractivity (Wildman–Crippen MR) is 73.0 cm³/mol. The van der Waals surface area contributed by atoms with Crippen molar-refractivity contribution in [2.75, 3.05) is 26.7 Å². The summed E-state index contributed by atoms with van der Waals surface area (Å²) in [5, 5.41) is 3.62. The van der Waals surface area contributed by atoms with E-state index in [4.69, 9.17) is 0 Å². The molecule has 0 amide bonds. The number of nitrogens with zero attached hydrogens (tertiary/aromatic N) is 1. The van der Waals surface area contributed by atoms with Crippen LogP contribution in [0.3, 0.4) is 0 Å². The van der Waals surface area contributed by atoms with Gasteiger partial charge in [0.15, 0.2) is 0 Å². The van der Waals surface area contributed by atoms with E-state index in [9.17, 15) is 4.39 Å². The molecule has 0 spiro atoms. The van der Waals surface area contributed by atoms with Gasteiger partial charge in [-0.15, -0.1) is 0 Å². The summed E-state index contributed by atoms with van der Waals surface area (Å²) in [7, 11) is 2.18. The molecule has 18 heavy (non-hydrogen) atoms. The summed E-state index contributed by atoms with van der Waals surface area (Å²) >= 11 is 0. The van der Waals surface area contributed by atoms with Crippen LogP contribution in [-0.4, -0.2) is 31.6 Å². The van der Waals surface area contributed by atoms with Crippen LogP contribution in [0.5, 0.6) is 0 Å². The third-order valence-corrected chi connectivity index (χ3v) is 3.82. The van der Waals surface area contributed by atoms with Crippen molar-refractivity contribution in [1.82, 2.24) is 10.2 Å². The zero-order valence-electron chi connectivity index (χ0n) is 11.3. The van der Waals surface area contributed by atoms with Gasteiger partial charge in [-0.25, -0.2) is 4.39 Å². The van der Waals surface area contributed by atoms with Crippen molar-refractivity contribution in [2.24, 2.45) is 5.92 Å². The van der Waals surface area contributed by atoms with Crippen molar-refractivity contribution >= 4 is 0 Å². The number of nitrogens with one attached hydrogen (secondary N) is 1. The van der Waals surface area contributed by atoms with Crippen LogP contribution in [-0.2, 0) is 0 Å². The average Bonchev–Trinajstić information content (AvgIpc) is 2.78. The topological polar surface area (TPSA) is 15.3 Å². The molecule has 2 nitrogen and oxygen atoms in total. The molecule has 2 unspecified atom stereocenters. The molecule has 1 N–H and O–H groups in total. The van der Waals surface area contributed by atoms with E-state index in [1.807, 2.05) is 12.1 Å². The van der Waals surface area contributed by atoms with Crippen LogP contribution in [0.4, 0.5) is 4.39 Å². The molecule has 1 aromatic carbocycles. The van der Waals surface area contributed by atoms with Crippen molar-refractivity contribution in [2.45, 2.75) is 25.8 Å². The highest BCUT2D eigenvalue weighted by Crippen LogP contribution is 2.19. The van der Waals surface area contributed by atoms with Crippen LogP contribution in [0.15, 0.2) is 24.3 Å². The molecule has 100 valence electrons. The molecule has 0 bridgehead atoms. The summed E-state index contributed by atoms with van der Waals surface area (Å²) in [6.45, 7) is 5.62. The van der Waals surface area contributed by atoms with Crippen molar-refractivity contribution < 1.29 is 4.39 Å². The Morgan fingerprint density at radius 1 is 1.39 bits per heavy atom. The molecular weight excluding hydrogens is 227 g/mol. The largest absolute Gasteiger partial charge is 0.310 e. The van der Waals surface area contributed by atoms with Gasteiger partial charge in [0.05, 0.1) is 0 Å². The minimum Gasteiger partial charge on any atom is -0.310 e. The third kappa shape index (κ3) is 3.53. The van der Waals surface area contributed by atoms with Gasteiger partial charge in [0.1, 0.15) is 5.82 Å². The van der Waals surface area contributed by atoms with Gasteiger partial charge in [0.2, 0.25) is 0 Å². The Bertz CT molecular complexity index is 363. The van der Waals surface area contributed by atoms with Crippen molar-refractivity contribution in [3.63, 3.8) is 0 Å². The van der Waals surface area contributed by atoms with E-state index in [-0.39, 0.29) is 5.82 Å². The van der Waals surface area contributed by atoms with Gasteiger partial charge in [-0.1, -0.05) is 19.1 Å². The zero-order valence-corrected chi connectivity index (χ0v) is 11.3. The normalized spacial score (nSPS) is 22.3. The molecule has 2 atom stereocenters. The monoisotopic (exact) mass is 250 g/mol. The highest BCUT2D eigenvalue weighted by Gasteiger charge is 2.20. The predicted octanol–water partition coefficient (Wildman–Crippen LogP) is 2.82. The summed E-state index contributed by atoms with van der Waals surface area (Å²) in [6, 6.07) is 7.21. The van der Waals surface area contributed by atoms with E-state index in [2.05, 4.69) is 24.2 Å². The van der Waals surface area contributed by atoms with Crippen LogP contribution < -0.4 is 5.32 Å². The lowest BCUT2D eigenvalue weighted by atomic mass is 10.0. The van der Waals surface area contributed by atoms with Gasteiger partial charge in [-0.2, -0.15) is 0 Å². The first-order chi connectivity index (χ1) is 8.69. The van der Waals surface area contributed by atoms with E-state index in [0.717, 1.165) is 18.9 Å². The van der Waals surface area contributed by atoms with Crippen LogP contribution in [0.25, 0.3) is 0 Å².